The summed E-state index contributed by atoms with van der Waals surface area (Å²) in [5.41, 5.74) is 3.31. The molecule has 1 heterocycles. The molecule has 0 aliphatic heterocycles. The Bertz CT molecular complexity index is 880. The highest BCUT2D eigenvalue weighted by Crippen LogP contribution is 2.21. The normalized spacial score (nSPS) is 10.2. The highest BCUT2D eigenvalue weighted by atomic mass is 16.1. The summed E-state index contributed by atoms with van der Waals surface area (Å²) in [7, 11) is 0. The number of hydrogen-bond donors (Lipinski definition) is 3. The SMILES string of the molecule is CC(=O)Nc1cccc(Nc2nc(C)cc(Nc3ccccc3)n2)c1. The van der Waals surface area contributed by atoms with Crippen molar-refractivity contribution in [2.24, 2.45) is 0 Å². The zero-order valence-corrected chi connectivity index (χ0v) is 14.1. The lowest BCUT2D eigenvalue weighted by atomic mass is 10.2. The Hall–Kier alpha value is -3.41. The molecular formula is C19H19N5O. The van der Waals surface area contributed by atoms with E-state index in [4.69, 9.17) is 0 Å². The zero-order valence-electron chi connectivity index (χ0n) is 14.1. The number of benzene rings is 2. The number of amides is 1. The third-order valence-electron chi connectivity index (χ3n) is 3.34. The Morgan fingerprint density at radius 2 is 1.56 bits per heavy atom. The van der Waals surface area contributed by atoms with Crippen molar-refractivity contribution in [1.82, 2.24) is 9.97 Å². The van der Waals surface area contributed by atoms with Gasteiger partial charge in [0.2, 0.25) is 11.9 Å². The van der Waals surface area contributed by atoms with Crippen LogP contribution in [0.4, 0.5) is 28.8 Å². The van der Waals surface area contributed by atoms with Crippen molar-refractivity contribution in [3.8, 4) is 0 Å². The quantitative estimate of drug-likeness (QED) is 0.651. The van der Waals surface area contributed by atoms with E-state index in [0.29, 0.717) is 17.5 Å². The van der Waals surface area contributed by atoms with Crippen LogP contribution in [-0.2, 0) is 4.79 Å². The standard InChI is InChI=1S/C19H19N5O/c1-13-11-18(22-15-7-4-3-5-8-15)24-19(20-13)23-17-10-6-9-16(12-17)21-14(2)25/h3-12H,1-2H3,(H,21,25)(H2,20,22,23,24). The minimum atomic E-state index is -0.113. The summed E-state index contributed by atoms with van der Waals surface area (Å²) >= 11 is 0. The van der Waals surface area contributed by atoms with E-state index in [-0.39, 0.29) is 5.91 Å². The first-order valence-corrected chi connectivity index (χ1v) is 7.91. The fraction of sp³-hybridized carbons (Fsp3) is 0.105. The first-order chi connectivity index (χ1) is 12.1. The summed E-state index contributed by atoms with van der Waals surface area (Å²) in [4.78, 5) is 20.1. The van der Waals surface area contributed by atoms with Gasteiger partial charge in [0.05, 0.1) is 0 Å². The Labute approximate surface area is 146 Å². The lowest BCUT2D eigenvalue weighted by Crippen LogP contribution is -2.06. The number of hydrogen-bond acceptors (Lipinski definition) is 5. The maximum absolute atomic E-state index is 11.2. The monoisotopic (exact) mass is 333 g/mol. The first-order valence-electron chi connectivity index (χ1n) is 7.91. The van der Waals surface area contributed by atoms with E-state index in [0.717, 1.165) is 17.1 Å². The van der Waals surface area contributed by atoms with Crippen molar-refractivity contribution < 1.29 is 4.79 Å². The van der Waals surface area contributed by atoms with E-state index in [1.807, 2.05) is 67.6 Å². The van der Waals surface area contributed by atoms with Gasteiger partial charge >= 0.3 is 0 Å². The predicted molar refractivity (Wildman–Crippen MR) is 101 cm³/mol. The Morgan fingerprint density at radius 3 is 2.32 bits per heavy atom. The van der Waals surface area contributed by atoms with Gasteiger partial charge in [0.25, 0.3) is 0 Å². The molecule has 0 bridgehead atoms. The van der Waals surface area contributed by atoms with Gasteiger partial charge in [-0.25, -0.2) is 4.98 Å². The number of nitrogens with one attached hydrogen (secondary N) is 3. The molecule has 1 aromatic heterocycles. The van der Waals surface area contributed by atoms with Gasteiger partial charge in [0, 0.05) is 35.7 Å². The molecular weight excluding hydrogens is 314 g/mol. The van der Waals surface area contributed by atoms with Crippen molar-refractivity contribution in [3.63, 3.8) is 0 Å². The van der Waals surface area contributed by atoms with E-state index in [1.165, 1.54) is 6.92 Å². The number of anilines is 5. The molecule has 0 radical (unpaired) electrons. The molecule has 3 aromatic rings. The second-order valence-electron chi connectivity index (χ2n) is 5.60. The molecule has 0 aliphatic rings. The molecule has 0 fully saturated rings. The van der Waals surface area contributed by atoms with E-state index in [2.05, 4.69) is 25.9 Å². The van der Waals surface area contributed by atoms with E-state index < -0.39 is 0 Å². The van der Waals surface area contributed by atoms with Crippen molar-refractivity contribution >= 4 is 34.7 Å². The summed E-state index contributed by atoms with van der Waals surface area (Å²) in [6.45, 7) is 3.39. The minimum absolute atomic E-state index is 0.113. The number of carbonyl (C=O) groups excluding carboxylic acids is 1. The number of aromatic nitrogens is 2. The molecule has 1 amide bonds. The summed E-state index contributed by atoms with van der Waals surface area (Å²) < 4.78 is 0. The fourth-order valence-corrected chi connectivity index (χ4v) is 2.36. The number of carbonyl (C=O) groups is 1. The molecule has 0 spiro atoms. The van der Waals surface area contributed by atoms with Gasteiger partial charge < -0.3 is 16.0 Å². The summed E-state index contributed by atoms with van der Waals surface area (Å²) in [6, 6.07) is 19.1. The first kappa shape index (κ1) is 16.4. The molecule has 0 unspecified atom stereocenters. The van der Waals surface area contributed by atoms with Gasteiger partial charge in [0.1, 0.15) is 5.82 Å². The summed E-state index contributed by atoms with van der Waals surface area (Å²) in [6.07, 6.45) is 0. The van der Waals surface area contributed by atoms with E-state index >= 15 is 0 Å². The average Bonchev–Trinajstić information content (AvgIpc) is 2.55. The number of para-hydroxylation sites is 1. The van der Waals surface area contributed by atoms with Crippen molar-refractivity contribution in [2.45, 2.75) is 13.8 Å². The smallest absolute Gasteiger partial charge is 0.229 e. The van der Waals surface area contributed by atoms with Crippen LogP contribution in [0.25, 0.3) is 0 Å². The van der Waals surface area contributed by atoms with Gasteiger partial charge in [0.15, 0.2) is 0 Å². The Morgan fingerprint density at radius 1 is 0.840 bits per heavy atom. The zero-order chi connectivity index (χ0) is 17.6. The van der Waals surface area contributed by atoms with Gasteiger partial charge in [-0.15, -0.1) is 0 Å². The van der Waals surface area contributed by atoms with Crippen LogP contribution < -0.4 is 16.0 Å². The van der Waals surface area contributed by atoms with Crippen LogP contribution in [0.1, 0.15) is 12.6 Å². The van der Waals surface area contributed by atoms with E-state index in [9.17, 15) is 4.79 Å². The lowest BCUT2D eigenvalue weighted by Gasteiger charge is -2.11. The van der Waals surface area contributed by atoms with Gasteiger partial charge in [-0.2, -0.15) is 4.98 Å². The number of rotatable bonds is 5. The average molecular weight is 333 g/mol. The lowest BCUT2D eigenvalue weighted by molar-refractivity contribution is -0.114. The number of nitrogens with zero attached hydrogens (tertiary/aromatic N) is 2. The minimum Gasteiger partial charge on any atom is -0.340 e. The molecule has 3 N–H and O–H groups in total. The number of aryl methyl sites for hydroxylation is 1. The third-order valence-corrected chi connectivity index (χ3v) is 3.34. The molecule has 0 saturated carbocycles. The maximum atomic E-state index is 11.2. The van der Waals surface area contributed by atoms with Crippen molar-refractivity contribution in [3.05, 3.63) is 66.4 Å². The summed E-state index contributed by atoms with van der Waals surface area (Å²) in [5, 5.41) is 9.19. The molecule has 6 heteroatoms. The maximum Gasteiger partial charge on any atom is 0.229 e. The Balaban J connectivity index is 1.80. The highest BCUT2D eigenvalue weighted by Gasteiger charge is 2.05. The van der Waals surface area contributed by atoms with Gasteiger partial charge in [-0.3, -0.25) is 4.79 Å². The van der Waals surface area contributed by atoms with Crippen LogP contribution in [0, 0.1) is 6.92 Å². The Kier molecular flexibility index (Phi) is 4.89. The molecule has 126 valence electrons. The van der Waals surface area contributed by atoms with Gasteiger partial charge in [-0.05, 0) is 37.3 Å². The molecule has 3 rings (SSSR count). The molecule has 6 nitrogen and oxygen atoms in total. The summed E-state index contributed by atoms with van der Waals surface area (Å²) in [5.74, 6) is 1.08. The third kappa shape index (κ3) is 4.78. The fourth-order valence-electron chi connectivity index (χ4n) is 2.36. The molecule has 2 aromatic carbocycles. The van der Waals surface area contributed by atoms with Crippen molar-refractivity contribution in [2.75, 3.05) is 16.0 Å². The predicted octanol–water partition coefficient (Wildman–Crippen LogP) is 4.23. The molecule has 0 saturated heterocycles. The molecule has 0 atom stereocenters. The largest absolute Gasteiger partial charge is 0.340 e. The van der Waals surface area contributed by atoms with Crippen LogP contribution in [0.15, 0.2) is 60.7 Å². The highest BCUT2D eigenvalue weighted by molar-refractivity contribution is 5.89. The second-order valence-corrected chi connectivity index (χ2v) is 5.60. The van der Waals surface area contributed by atoms with Crippen molar-refractivity contribution in [1.29, 1.82) is 0 Å². The van der Waals surface area contributed by atoms with Crippen LogP contribution >= 0.6 is 0 Å². The van der Waals surface area contributed by atoms with Crippen LogP contribution in [0.3, 0.4) is 0 Å². The van der Waals surface area contributed by atoms with E-state index in [1.54, 1.807) is 0 Å². The molecule has 25 heavy (non-hydrogen) atoms. The molecule has 0 aliphatic carbocycles. The second kappa shape index (κ2) is 7.44. The van der Waals surface area contributed by atoms with Gasteiger partial charge in [-0.1, -0.05) is 24.3 Å². The van der Waals surface area contributed by atoms with Crippen LogP contribution in [0.2, 0.25) is 0 Å². The topological polar surface area (TPSA) is 78.9 Å². The van der Waals surface area contributed by atoms with Crippen LogP contribution in [-0.4, -0.2) is 15.9 Å². The van der Waals surface area contributed by atoms with Crippen LogP contribution in [0.5, 0.6) is 0 Å².